The number of amides is 3. The topological polar surface area (TPSA) is 107 Å². The Hall–Kier alpha value is -2.70. The number of primary amides is 1. The van der Waals surface area contributed by atoms with Crippen LogP contribution in [0.5, 0.6) is 0 Å². The first kappa shape index (κ1) is 16.7. The van der Waals surface area contributed by atoms with E-state index < -0.39 is 36.3 Å². The summed E-state index contributed by atoms with van der Waals surface area (Å²) in [7, 11) is 0. The predicted molar refractivity (Wildman–Crippen MR) is 80.3 cm³/mol. The van der Waals surface area contributed by atoms with E-state index >= 15 is 0 Å². The molecule has 0 fully saturated rings. The van der Waals surface area contributed by atoms with Crippen LogP contribution in [-0.4, -0.2) is 41.2 Å². The first-order valence-electron chi connectivity index (χ1n) is 7.24. The number of benzene rings is 1. The van der Waals surface area contributed by atoms with Crippen molar-refractivity contribution in [2.45, 2.75) is 26.3 Å². The first-order valence-corrected chi connectivity index (χ1v) is 7.24. The van der Waals surface area contributed by atoms with Gasteiger partial charge in [0.1, 0.15) is 6.04 Å². The van der Waals surface area contributed by atoms with Gasteiger partial charge in [0, 0.05) is 0 Å². The number of nitrogens with two attached hydrogens (primary N) is 1. The van der Waals surface area contributed by atoms with Gasteiger partial charge in [-0.3, -0.25) is 19.3 Å². The van der Waals surface area contributed by atoms with Crippen LogP contribution < -0.4 is 5.73 Å². The maximum Gasteiger partial charge on any atom is 0.329 e. The van der Waals surface area contributed by atoms with Crippen molar-refractivity contribution in [2.24, 2.45) is 11.7 Å². The molecule has 0 saturated carbocycles. The van der Waals surface area contributed by atoms with E-state index in [0.717, 1.165) is 4.90 Å². The number of hydrogen-bond acceptors (Lipinski definition) is 5. The summed E-state index contributed by atoms with van der Waals surface area (Å²) in [5.41, 5.74) is 5.47. The Bertz CT molecular complexity index is 633. The van der Waals surface area contributed by atoms with Gasteiger partial charge in [-0.25, -0.2) is 4.79 Å². The number of imide groups is 1. The monoisotopic (exact) mass is 318 g/mol. The van der Waals surface area contributed by atoms with Crippen LogP contribution in [0.2, 0.25) is 0 Å². The average molecular weight is 318 g/mol. The van der Waals surface area contributed by atoms with Gasteiger partial charge in [-0.2, -0.15) is 0 Å². The third kappa shape index (κ3) is 3.39. The molecule has 0 bridgehead atoms. The number of esters is 1. The van der Waals surface area contributed by atoms with Crippen LogP contribution in [0.15, 0.2) is 24.3 Å². The predicted octanol–water partition coefficient (Wildman–Crippen LogP) is 0.726. The average Bonchev–Trinajstić information content (AvgIpc) is 2.74. The standard InChI is InChI=1S/C16H18N2O5/c1-9(2)7-12(16(22)23-8-13(17)19)18-14(20)10-5-3-4-6-11(10)15(18)21/h3-6,9,12H,7-8H2,1-2H3,(H2,17,19)/t12-/m0/s1. The van der Waals surface area contributed by atoms with Crippen LogP contribution >= 0.6 is 0 Å². The van der Waals surface area contributed by atoms with Gasteiger partial charge in [0.15, 0.2) is 6.61 Å². The van der Waals surface area contributed by atoms with Gasteiger partial charge in [0.2, 0.25) is 0 Å². The number of rotatable bonds is 6. The molecule has 1 aliphatic heterocycles. The number of carbonyl (C=O) groups excluding carboxylic acids is 4. The lowest BCUT2D eigenvalue weighted by Crippen LogP contribution is -2.46. The second kappa shape index (κ2) is 6.60. The molecule has 0 saturated heterocycles. The molecule has 0 aromatic heterocycles. The van der Waals surface area contributed by atoms with Crippen LogP contribution in [0.4, 0.5) is 0 Å². The van der Waals surface area contributed by atoms with E-state index in [2.05, 4.69) is 0 Å². The Balaban J connectivity index is 2.30. The Morgan fingerprint density at radius 3 is 2.09 bits per heavy atom. The molecule has 122 valence electrons. The van der Waals surface area contributed by atoms with Crippen molar-refractivity contribution in [3.05, 3.63) is 35.4 Å². The third-order valence-electron chi connectivity index (χ3n) is 3.46. The molecule has 1 atom stereocenters. The lowest BCUT2D eigenvalue weighted by Gasteiger charge is -2.25. The van der Waals surface area contributed by atoms with Crippen molar-refractivity contribution >= 4 is 23.7 Å². The minimum atomic E-state index is -1.08. The van der Waals surface area contributed by atoms with E-state index in [9.17, 15) is 19.2 Å². The number of fused-ring (bicyclic) bond motifs is 1. The maximum atomic E-state index is 12.5. The lowest BCUT2D eigenvalue weighted by atomic mass is 10.0. The minimum absolute atomic E-state index is 0.0328. The zero-order valence-electron chi connectivity index (χ0n) is 12.9. The highest BCUT2D eigenvalue weighted by Crippen LogP contribution is 2.27. The first-order chi connectivity index (χ1) is 10.8. The highest BCUT2D eigenvalue weighted by Gasteiger charge is 2.43. The van der Waals surface area contributed by atoms with Crippen LogP contribution in [-0.2, 0) is 14.3 Å². The Morgan fingerprint density at radius 1 is 1.13 bits per heavy atom. The molecule has 3 amide bonds. The fourth-order valence-corrected chi connectivity index (χ4v) is 2.48. The molecule has 2 rings (SSSR count). The highest BCUT2D eigenvalue weighted by molar-refractivity contribution is 6.22. The van der Waals surface area contributed by atoms with Gasteiger partial charge in [-0.05, 0) is 24.5 Å². The van der Waals surface area contributed by atoms with Crippen LogP contribution in [0.3, 0.4) is 0 Å². The molecule has 1 aromatic carbocycles. The normalized spacial score (nSPS) is 14.8. The number of hydrogen-bond donors (Lipinski definition) is 1. The summed E-state index contributed by atoms with van der Waals surface area (Å²) in [6, 6.07) is 5.29. The molecule has 1 aromatic rings. The molecule has 2 N–H and O–H groups in total. The summed E-state index contributed by atoms with van der Waals surface area (Å²) in [5, 5.41) is 0. The largest absolute Gasteiger partial charge is 0.454 e. The number of ether oxygens (including phenoxy) is 1. The molecule has 0 radical (unpaired) electrons. The van der Waals surface area contributed by atoms with Gasteiger partial charge in [0.05, 0.1) is 11.1 Å². The van der Waals surface area contributed by atoms with Crippen LogP contribution in [0.1, 0.15) is 41.0 Å². The van der Waals surface area contributed by atoms with Crippen LogP contribution in [0.25, 0.3) is 0 Å². The fraction of sp³-hybridized carbons (Fsp3) is 0.375. The van der Waals surface area contributed by atoms with Crippen LogP contribution in [0, 0.1) is 5.92 Å². The second-order valence-electron chi connectivity index (χ2n) is 5.75. The molecule has 1 heterocycles. The Morgan fingerprint density at radius 2 is 1.65 bits per heavy atom. The summed E-state index contributed by atoms with van der Waals surface area (Å²) in [4.78, 5) is 48.9. The molecule has 0 unspecified atom stereocenters. The minimum Gasteiger partial charge on any atom is -0.454 e. The van der Waals surface area contributed by atoms with Crippen molar-refractivity contribution in [1.29, 1.82) is 0 Å². The van der Waals surface area contributed by atoms with E-state index in [4.69, 9.17) is 10.5 Å². The summed E-state index contributed by atoms with van der Waals surface area (Å²) < 4.78 is 4.81. The van der Waals surface area contributed by atoms with Crippen molar-refractivity contribution in [1.82, 2.24) is 4.90 Å². The molecule has 1 aliphatic rings. The quantitative estimate of drug-likeness (QED) is 0.614. The van der Waals surface area contributed by atoms with Crippen molar-refractivity contribution in [3.63, 3.8) is 0 Å². The molecule has 0 spiro atoms. The molecule has 7 nitrogen and oxygen atoms in total. The molecule has 0 aliphatic carbocycles. The van der Waals surface area contributed by atoms with E-state index in [-0.39, 0.29) is 23.5 Å². The summed E-state index contributed by atoms with van der Waals surface area (Å²) in [6.45, 7) is 3.12. The SMILES string of the molecule is CC(C)C[C@@H](C(=O)OCC(N)=O)N1C(=O)c2ccccc2C1=O. The fourth-order valence-electron chi connectivity index (χ4n) is 2.48. The lowest BCUT2D eigenvalue weighted by molar-refractivity contribution is -0.152. The van der Waals surface area contributed by atoms with Crippen molar-refractivity contribution in [2.75, 3.05) is 6.61 Å². The van der Waals surface area contributed by atoms with Crippen molar-refractivity contribution < 1.29 is 23.9 Å². The Labute approximate surface area is 133 Å². The summed E-state index contributed by atoms with van der Waals surface area (Å²) >= 11 is 0. The van der Waals surface area contributed by atoms with E-state index in [1.807, 2.05) is 13.8 Å². The van der Waals surface area contributed by atoms with Gasteiger partial charge >= 0.3 is 5.97 Å². The highest BCUT2D eigenvalue weighted by atomic mass is 16.5. The number of nitrogens with zero attached hydrogens (tertiary/aromatic N) is 1. The molecule has 7 heteroatoms. The smallest absolute Gasteiger partial charge is 0.329 e. The third-order valence-corrected chi connectivity index (χ3v) is 3.46. The molecular weight excluding hydrogens is 300 g/mol. The number of carbonyl (C=O) groups is 4. The second-order valence-corrected chi connectivity index (χ2v) is 5.75. The summed E-state index contributed by atoms with van der Waals surface area (Å²) in [5.74, 6) is -2.65. The zero-order chi connectivity index (χ0) is 17.1. The summed E-state index contributed by atoms with van der Waals surface area (Å²) in [6.07, 6.45) is 0.239. The van der Waals surface area contributed by atoms with Gasteiger partial charge in [-0.1, -0.05) is 26.0 Å². The van der Waals surface area contributed by atoms with Gasteiger partial charge in [0.25, 0.3) is 17.7 Å². The van der Waals surface area contributed by atoms with Gasteiger partial charge in [-0.15, -0.1) is 0 Å². The zero-order valence-corrected chi connectivity index (χ0v) is 12.9. The Kier molecular flexibility index (Phi) is 4.78. The van der Waals surface area contributed by atoms with Gasteiger partial charge < -0.3 is 10.5 Å². The van der Waals surface area contributed by atoms with Crippen molar-refractivity contribution in [3.8, 4) is 0 Å². The molecule has 23 heavy (non-hydrogen) atoms. The maximum absolute atomic E-state index is 12.5. The van der Waals surface area contributed by atoms with E-state index in [1.165, 1.54) is 12.1 Å². The van der Waals surface area contributed by atoms with E-state index in [0.29, 0.717) is 0 Å². The molecular formula is C16H18N2O5. The van der Waals surface area contributed by atoms with E-state index in [1.54, 1.807) is 12.1 Å².